The quantitative estimate of drug-likeness (QED) is 0.0562. The van der Waals surface area contributed by atoms with Crippen molar-refractivity contribution in [1.29, 1.82) is 0 Å². The zero-order valence-corrected chi connectivity index (χ0v) is 56.5. The van der Waals surface area contributed by atoms with Gasteiger partial charge in [0.2, 0.25) is 0 Å². The number of carbonyl (C=O) groups excluding carboxylic acids is 2. The van der Waals surface area contributed by atoms with Crippen molar-refractivity contribution in [3.63, 3.8) is 0 Å². The van der Waals surface area contributed by atoms with Crippen molar-refractivity contribution < 1.29 is 19.1 Å². The van der Waals surface area contributed by atoms with Gasteiger partial charge in [0.25, 0.3) is 0 Å². The second-order valence-electron chi connectivity index (χ2n) is 31.8. The summed E-state index contributed by atoms with van der Waals surface area (Å²) in [4.78, 5) is 26.3. The summed E-state index contributed by atoms with van der Waals surface area (Å²) in [6.45, 7) is 27.1. The molecule has 0 spiro atoms. The Morgan fingerprint density at radius 1 is 0.449 bits per heavy atom. The molecule has 6 fully saturated rings. The van der Waals surface area contributed by atoms with Crippen LogP contribution in [0.2, 0.25) is 0 Å². The van der Waals surface area contributed by atoms with Gasteiger partial charge in [0.05, 0.1) is 33.9 Å². The van der Waals surface area contributed by atoms with Gasteiger partial charge in [-0.3, -0.25) is 0 Å². The summed E-state index contributed by atoms with van der Waals surface area (Å²) in [6.07, 6.45) is 33.2. The Hall–Kier alpha value is -5.50. The number of carbonyl (C=O) groups is 2. The van der Waals surface area contributed by atoms with E-state index in [-0.39, 0.29) is 35.0 Å². The molecule has 8 nitrogen and oxygen atoms in total. The third-order valence-corrected chi connectivity index (χ3v) is 25.6. The highest BCUT2D eigenvalue weighted by molar-refractivity contribution is 5.90. The molecule has 478 valence electrons. The van der Waals surface area contributed by atoms with Crippen LogP contribution in [-0.2, 0) is 9.47 Å². The number of nitrogens with zero attached hydrogens (tertiary/aromatic N) is 4. The lowest BCUT2D eigenvalue weighted by atomic mass is 9.47. The molecule has 8 aliphatic carbocycles. The van der Waals surface area contributed by atoms with E-state index in [1.54, 1.807) is 23.3 Å². The first-order valence-corrected chi connectivity index (χ1v) is 35.7. The minimum atomic E-state index is -0.229. The van der Waals surface area contributed by atoms with Crippen LogP contribution in [0.5, 0.6) is 0 Å². The van der Waals surface area contributed by atoms with Crippen LogP contribution in [0, 0.1) is 99.6 Å². The van der Waals surface area contributed by atoms with Crippen molar-refractivity contribution in [2.75, 3.05) is 0 Å². The van der Waals surface area contributed by atoms with Gasteiger partial charge in [-0.2, -0.15) is 20.5 Å². The second-order valence-corrected chi connectivity index (χ2v) is 31.8. The first kappa shape index (κ1) is 65.0. The number of ether oxygens (including phenoxy) is 2. The highest BCUT2D eigenvalue weighted by Crippen LogP contribution is 2.69. The van der Waals surface area contributed by atoms with Crippen molar-refractivity contribution in [1.82, 2.24) is 0 Å². The largest absolute Gasteiger partial charge is 0.458 e. The van der Waals surface area contributed by atoms with Crippen molar-refractivity contribution >= 4 is 34.7 Å². The van der Waals surface area contributed by atoms with Crippen LogP contribution in [-0.4, -0.2) is 24.1 Å². The standard InChI is InChI=1S/C41H56N2O2.C40H54N2O2/c1-27(2)8-7-9-29(4)36-20-21-37-35-19-14-31-26-34(22-24-40(31,5)38(35)23-25-41(36,37)6)45-39(44)30-12-17-33(18-13-30)43-42-32-15-10-28(3)11-16-32;1-27(2)10-9-11-28(3)35-20-21-36-34-19-16-30-26-33(22-24-39(30,4)37(34)23-25-40(35,36)5)44-38(43)29-14-17-32(18-15-29)42-41-31-12-7-6-8-13-31/h10-18,27,29,34-38H,7-9,19-26H2,1-6H3;6-8,12-18,27-28,33-37H,9-11,19-26H2,1-5H3. The molecule has 8 aliphatic rings. The summed E-state index contributed by atoms with van der Waals surface area (Å²) in [5.41, 5.74) is 10.1. The Labute approximate surface area is 536 Å². The average Bonchev–Trinajstić information content (AvgIpc) is 1.72. The third-order valence-electron chi connectivity index (χ3n) is 25.6. The van der Waals surface area contributed by atoms with Crippen molar-refractivity contribution in [2.24, 2.45) is 113 Å². The number of hydrogen-bond donors (Lipinski definition) is 0. The summed E-state index contributed by atoms with van der Waals surface area (Å²) in [6, 6.07) is 32.2. The van der Waals surface area contributed by atoms with Crippen LogP contribution in [0.15, 0.2) is 147 Å². The molecule has 0 aromatic heterocycles. The minimum absolute atomic E-state index is 0.0350. The zero-order valence-electron chi connectivity index (χ0n) is 56.5. The van der Waals surface area contributed by atoms with E-state index in [1.807, 2.05) is 91.0 Å². The number of aryl methyl sites for hydroxylation is 1. The van der Waals surface area contributed by atoms with Crippen LogP contribution in [0.1, 0.15) is 237 Å². The molecule has 0 saturated heterocycles. The number of benzene rings is 4. The van der Waals surface area contributed by atoms with Crippen LogP contribution in [0.4, 0.5) is 22.7 Å². The van der Waals surface area contributed by atoms with E-state index >= 15 is 0 Å². The Morgan fingerprint density at radius 3 is 1.22 bits per heavy atom. The Bertz CT molecular complexity index is 3160. The molecule has 16 unspecified atom stereocenters. The van der Waals surface area contributed by atoms with Gasteiger partial charge in [0.1, 0.15) is 12.2 Å². The number of hydrogen-bond acceptors (Lipinski definition) is 8. The zero-order chi connectivity index (χ0) is 62.7. The monoisotopic (exact) mass is 1200 g/mol. The molecule has 0 radical (unpaired) electrons. The average molecular weight is 1200 g/mol. The fraction of sp³-hybridized carbons (Fsp3) is 0.630. The van der Waals surface area contributed by atoms with E-state index in [0.717, 1.165) is 132 Å². The van der Waals surface area contributed by atoms with Gasteiger partial charge >= 0.3 is 11.9 Å². The number of allylic oxidation sites excluding steroid dienone is 2. The van der Waals surface area contributed by atoms with Gasteiger partial charge in [0, 0.05) is 12.8 Å². The van der Waals surface area contributed by atoms with Crippen LogP contribution >= 0.6 is 0 Å². The van der Waals surface area contributed by atoms with Gasteiger partial charge in [-0.1, -0.05) is 167 Å². The van der Waals surface area contributed by atoms with E-state index in [4.69, 9.17) is 9.47 Å². The van der Waals surface area contributed by atoms with Crippen LogP contribution in [0.3, 0.4) is 0 Å². The fourth-order valence-electron chi connectivity index (χ4n) is 20.6. The normalized spacial score (nSPS) is 33.5. The van der Waals surface area contributed by atoms with Crippen LogP contribution in [0.25, 0.3) is 0 Å². The lowest BCUT2D eigenvalue weighted by Crippen LogP contribution is -2.51. The lowest BCUT2D eigenvalue weighted by Gasteiger charge is -2.58. The molecule has 16 atom stereocenters. The van der Waals surface area contributed by atoms with Gasteiger partial charge in [-0.15, -0.1) is 0 Å². The number of esters is 2. The molecular formula is C81H110N4O4. The Morgan fingerprint density at radius 2 is 0.831 bits per heavy atom. The van der Waals surface area contributed by atoms with E-state index in [2.05, 4.69) is 109 Å². The Kier molecular flexibility index (Phi) is 20.3. The summed E-state index contributed by atoms with van der Waals surface area (Å²) >= 11 is 0. The minimum Gasteiger partial charge on any atom is -0.458 e. The molecule has 0 heterocycles. The van der Waals surface area contributed by atoms with Gasteiger partial charge in [-0.05, 0) is 262 Å². The molecule has 4 aromatic carbocycles. The summed E-state index contributed by atoms with van der Waals surface area (Å²) in [5.74, 6) is 9.65. The van der Waals surface area contributed by atoms with Gasteiger partial charge in [0.15, 0.2) is 0 Å². The van der Waals surface area contributed by atoms with Crippen LogP contribution < -0.4 is 0 Å². The summed E-state index contributed by atoms with van der Waals surface area (Å²) in [5, 5.41) is 17.2. The van der Waals surface area contributed by atoms with E-state index in [0.29, 0.717) is 22.0 Å². The molecule has 12 rings (SSSR count). The molecular weight excluding hydrogens is 1090 g/mol. The molecule has 0 bridgehead atoms. The SMILES string of the molecule is CC(C)CCCC(C)C1CCC2C3CC=C4CC(OC(=O)c5ccc(N=Nc6ccccc6)cc5)CCC4(C)C3CCC12C.Cc1ccc(N=Nc2ccc(C(=O)OC3CCC4(C)C(=CCC5C4CCC4(C)C(C(C)CCCC(C)C)CCC54)C3)cc2)cc1. The topological polar surface area (TPSA) is 102 Å². The number of rotatable bonds is 18. The number of azo groups is 2. The first-order valence-electron chi connectivity index (χ1n) is 35.7. The predicted octanol–water partition coefficient (Wildman–Crippen LogP) is 23.6. The molecule has 0 amide bonds. The summed E-state index contributed by atoms with van der Waals surface area (Å²) in [7, 11) is 0. The maximum absolute atomic E-state index is 13.2. The van der Waals surface area contributed by atoms with E-state index in [1.165, 1.54) is 108 Å². The van der Waals surface area contributed by atoms with Crippen molar-refractivity contribution in [2.45, 2.75) is 230 Å². The van der Waals surface area contributed by atoms with E-state index < -0.39 is 0 Å². The third kappa shape index (κ3) is 14.1. The maximum atomic E-state index is 13.2. The lowest BCUT2D eigenvalue weighted by molar-refractivity contribution is -0.0594. The molecule has 0 N–H and O–H groups in total. The predicted molar refractivity (Wildman–Crippen MR) is 363 cm³/mol. The highest BCUT2D eigenvalue weighted by atomic mass is 16.5. The maximum Gasteiger partial charge on any atom is 0.338 e. The molecule has 89 heavy (non-hydrogen) atoms. The molecule has 6 saturated carbocycles. The van der Waals surface area contributed by atoms with Gasteiger partial charge in [-0.25, -0.2) is 9.59 Å². The fourth-order valence-corrected chi connectivity index (χ4v) is 20.6. The highest BCUT2D eigenvalue weighted by Gasteiger charge is 2.61. The first-order chi connectivity index (χ1) is 42.7. The van der Waals surface area contributed by atoms with Crippen molar-refractivity contribution in [3.05, 3.63) is 143 Å². The second kappa shape index (κ2) is 27.8. The Balaban J connectivity index is 0.000000184. The van der Waals surface area contributed by atoms with Crippen molar-refractivity contribution in [3.8, 4) is 0 Å². The summed E-state index contributed by atoms with van der Waals surface area (Å²) < 4.78 is 12.2. The van der Waals surface area contributed by atoms with E-state index in [9.17, 15) is 9.59 Å². The molecule has 0 aliphatic heterocycles. The molecule has 8 heteroatoms. The molecule has 4 aromatic rings. The van der Waals surface area contributed by atoms with Gasteiger partial charge < -0.3 is 9.47 Å². The number of fused-ring (bicyclic) bond motifs is 10. The smallest absolute Gasteiger partial charge is 0.338 e.